The Balaban J connectivity index is 1.92. The van der Waals surface area contributed by atoms with E-state index in [1.165, 1.54) is 24.8 Å². The van der Waals surface area contributed by atoms with Gasteiger partial charge in [-0.05, 0) is 57.0 Å². The average Bonchev–Trinajstić information content (AvgIpc) is 2.90. The van der Waals surface area contributed by atoms with E-state index in [0.29, 0.717) is 12.0 Å². The van der Waals surface area contributed by atoms with Crippen LogP contribution in [0, 0.1) is 5.92 Å². The summed E-state index contributed by atoms with van der Waals surface area (Å²) in [7, 11) is 2.22. The molecule has 2 unspecified atom stereocenters. The van der Waals surface area contributed by atoms with E-state index in [2.05, 4.69) is 36.2 Å². The van der Waals surface area contributed by atoms with Crippen molar-refractivity contribution in [2.24, 2.45) is 11.7 Å². The minimum atomic E-state index is 0.650. The second-order valence-electron chi connectivity index (χ2n) is 5.49. The lowest BCUT2D eigenvalue weighted by Crippen LogP contribution is -2.37. The van der Waals surface area contributed by atoms with Crippen LogP contribution in [0.15, 0.2) is 24.3 Å². The lowest BCUT2D eigenvalue weighted by Gasteiger charge is -2.29. The van der Waals surface area contributed by atoms with Gasteiger partial charge in [0.25, 0.3) is 0 Å². The second-order valence-corrected chi connectivity index (χ2v) is 5.49. The molecule has 0 saturated heterocycles. The molecule has 1 saturated carbocycles. The van der Waals surface area contributed by atoms with Crippen molar-refractivity contribution < 1.29 is 4.74 Å². The fourth-order valence-electron chi connectivity index (χ4n) is 3.14. The van der Waals surface area contributed by atoms with Gasteiger partial charge in [0.15, 0.2) is 0 Å². The van der Waals surface area contributed by atoms with Gasteiger partial charge < -0.3 is 10.5 Å². The first-order valence-electron chi connectivity index (χ1n) is 7.36. The number of ether oxygens (including phenoxy) is 1. The minimum Gasteiger partial charge on any atom is -0.494 e. The number of nitrogens with zero attached hydrogens (tertiary/aromatic N) is 1. The predicted molar refractivity (Wildman–Crippen MR) is 79.3 cm³/mol. The summed E-state index contributed by atoms with van der Waals surface area (Å²) in [5.41, 5.74) is 7.21. The van der Waals surface area contributed by atoms with E-state index in [-0.39, 0.29) is 0 Å². The molecule has 1 aliphatic carbocycles. The van der Waals surface area contributed by atoms with Gasteiger partial charge >= 0.3 is 0 Å². The van der Waals surface area contributed by atoms with E-state index in [0.717, 1.165) is 25.4 Å². The molecule has 2 atom stereocenters. The highest BCUT2D eigenvalue weighted by molar-refractivity contribution is 5.27. The van der Waals surface area contributed by atoms with Crippen molar-refractivity contribution in [3.63, 3.8) is 0 Å². The fraction of sp³-hybridized carbons (Fsp3) is 0.625. The summed E-state index contributed by atoms with van der Waals surface area (Å²) in [6, 6.07) is 9.09. The number of hydrogen-bond acceptors (Lipinski definition) is 3. The molecule has 1 aromatic rings. The van der Waals surface area contributed by atoms with Gasteiger partial charge in [-0.25, -0.2) is 0 Å². The van der Waals surface area contributed by atoms with Gasteiger partial charge in [-0.3, -0.25) is 4.90 Å². The Bertz CT molecular complexity index is 377. The summed E-state index contributed by atoms with van der Waals surface area (Å²) in [5, 5.41) is 0. The maximum absolute atomic E-state index is 5.87. The third kappa shape index (κ3) is 3.71. The monoisotopic (exact) mass is 262 g/mol. The van der Waals surface area contributed by atoms with Gasteiger partial charge in [-0.15, -0.1) is 0 Å². The Labute approximate surface area is 116 Å². The molecule has 0 amide bonds. The summed E-state index contributed by atoms with van der Waals surface area (Å²) in [6.45, 7) is 4.54. The molecule has 3 heteroatoms. The van der Waals surface area contributed by atoms with Crippen LogP contribution < -0.4 is 10.5 Å². The van der Waals surface area contributed by atoms with Crippen LogP contribution in [0.1, 0.15) is 31.7 Å². The molecule has 0 aromatic heterocycles. The maximum atomic E-state index is 5.87. The molecule has 0 aliphatic heterocycles. The van der Waals surface area contributed by atoms with Crippen molar-refractivity contribution in [1.29, 1.82) is 0 Å². The summed E-state index contributed by atoms with van der Waals surface area (Å²) in [6.07, 6.45) is 3.89. The molecule has 0 bridgehead atoms. The van der Waals surface area contributed by atoms with Crippen LogP contribution >= 0.6 is 0 Å². The first kappa shape index (κ1) is 14.4. The molecule has 0 spiro atoms. The van der Waals surface area contributed by atoms with Gasteiger partial charge in [-0.2, -0.15) is 0 Å². The Morgan fingerprint density at radius 2 is 2.00 bits per heavy atom. The number of hydrogen-bond donors (Lipinski definition) is 1. The van der Waals surface area contributed by atoms with E-state index < -0.39 is 0 Å². The van der Waals surface area contributed by atoms with Crippen molar-refractivity contribution in [1.82, 2.24) is 4.90 Å². The molecule has 2 rings (SSSR count). The quantitative estimate of drug-likeness (QED) is 0.856. The number of benzene rings is 1. The van der Waals surface area contributed by atoms with Crippen LogP contribution in [0.25, 0.3) is 0 Å². The Morgan fingerprint density at radius 1 is 1.26 bits per heavy atom. The molecule has 1 fully saturated rings. The zero-order valence-corrected chi connectivity index (χ0v) is 12.1. The van der Waals surface area contributed by atoms with Gasteiger partial charge in [0.05, 0.1) is 6.61 Å². The van der Waals surface area contributed by atoms with Crippen LogP contribution in [0.4, 0.5) is 0 Å². The minimum absolute atomic E-state index is 0.650. The Hall–Kier alpha value is -1.06. The van der Waals surface area contributed by atoms with Crippen LogP contribution in [-0.4, -0.2) is 31.1 Å². The summed E-state index contributed by atoms with van der Waals surface area (Å²) in [4.78, 5) is 2.46. The first-order chi connectivity index (χ1) is 9.24. The zero-order chi connectivity index (χ0) is 13.7. The first-order valence-corrected chi connectivity index (χ1v) is 7.36. The Morgan fingerprint density at radius 3 is 2.63 bits per heavy atom. The van der Waals surface area contributed by atoms with Crippen molar-refractivity contribution in [3.8, 4) is 5.75 Å². The average molecular weight is 262 g/mol. The molecule has 3 nitrogen and oxygen atoms in total. The molecule has 1 aliphatic rings. The van der Waals surface area contributed by atoms with Gasteiger partial charge in [0.1, 0.15) is 5.75 Å². The molecule has 106 valence electrons. The van der Waals surface area contributed by atoms with Crippen LogP contribution in [0.2, 0.25) is 0 Å². The van der Waals surface area contributed by atoms with Crippen molar-refractivity contribution >= 4 is 0 Å². The SMILES string of the molecule is CCOc1ccc(CN(C)C2CCCC2CN)cc1. The van der Waals surface area contributed by atoms with Crippen molar-refractivity contribution in [3.05, 3.63) is 29.8 Å². The summed E-state index contributed by atoms with van der Waals surface area (Å²) in [5.74, 6) is 1.63. The second kappa shape index (κ2) is 6.92. The highest BCUT2D eigenvalue weighted by atomic mass is 16.5. The largest absolute Gasteiger partial charge is 0.494 e. The molecule has 0 heterocycles. The lowest BCUT2D eigenvalue weighted by molar-refractivity contribution is 0.193. The van der Waals surface area contributed by atoms with E-state index in [4.69, 9.17) is 10.5 Å². The summed E-state index contributed by atoms with van der Waals surface area (Å²) >= 11 is 0. The topological polar surface area (TPSA) is 38.5 Å². The molecule has 2 N–H and O–H groups in total. The van der Waals surface area contributed by atoms with Crippen molar-refractivity contribution in [2.45, 2.75) is 38.8 Å². The predicted octanol–water partition coefficient (Wildman–Crippen LogP) is 2.64. The lowest BCUT2D eigenvalue weighted by atomic mass is 10.0. The van der Waals surface area contributed by atoms with Crippen LogP contribution in [0.5, 0.6) is 5.75 Å². The Kier molecular flexibility index (Phi) is 5.23. The number of rotatable bonds is 6. The maximum Gasteiger partial charge on any atom is 0.119 e. The third-order valence-electron chi connectivity index (χ3n) is 4.15. The fourth-order valence-corrected chi connectivity index (χ4v) is 3.14. The molecule has 1 aromatic carbocycles. The normalized spacial score (nSPS) is 22.9. The van der Waals surface area contributed by atoms with Gasteiger partial charge in [0, 0.05) is 12.6 Å². The third-order valence-corrected chi connectivity index (χ3v) is 4.15. The highest BCUT2D eigenvalue weighted by Crippen LogP contribution is 2.29. The molecule has 19 heavy (non-hydrogen) atoms. The molecule has 0 radical (unpaired) electrons. The van der Waals surface area contributed by atoms with Crippen LogP contribution in [-0.2, 0) is 6.54 Å². The van der Waals surface area contributed by atoms with Gasteiger partial charge in [0.2, 0.25) is 0 Å². The van der Waals surface area contributed by atoms with Gasteiger partial charge in [-0.1, -0.05) is 18.6 Å². The van der Waals surface area contributed by atoms with E-state index in [9.17, 15) is 0 Å². The molecular weight excluding hydrogens is 236 g/mol. The van der Waals surface area contributed by atoms with Crippen molar-refractivity contribution in [2.75, 3.05) is 20.2 Å². The summed E-state index contributed by atoms with van der Waals surface area (Å²) < 4.78 is 5.47. The standard InChI is InChI=1S/C16H26N2O/c1-3-19-15-9-7-13(8-10-15)12-18(2)16-6-4-5-14(16)11-17/h7-10,14,16H,3-6,11-12,17H2,1-2H3. The zero-order valence-electron chi connectivity index (χ0n) is 12.1. The number of nitrogens with two attached hydrogens (primary N) is 1. The smallest absolute Gasteiger partial charge is 0.119 e. The van der Waals surface area contributed by atoms with E-state index >= 15 is 0 Å². The highest BCUT2D eigenvalue weighted by Gasteiger charge is 2.29. The van der Waals surface area contributed by atoms with E-state index in [1.807, 2.05) is 6.92 Å². The van der Waals surface area contributed by atoms with Crippen LogP contribution in [0.3, 0.4) is 0 Å². The van der Waals surface area contributed by atoms with E-state index in [1.54, 1.807) is 0 Å². The molecular formula is C16H26N2O.